The molecule has 0 unspecified atom stereocenters. The van der Waals surface area contributed by atoms with Crippen LogP contribution in [-0.4, -0.2) is 26.1 Å². The van der Waals surface area contributed by atoms with Crippen molar-refractivity contribution in [2.24, 2.45) is 0 Å². The quantitative estimate of drug-likeness (QED) is 0.599. The number of aromatic nitrogens is 2. The lowest BCUT2D eigenvalue weighted by atomic mass is 10.2. The summed E-state index contributed by atoms with van der Waals surface area (Å²) < 4.78 is 0. The molecule has 0 aliphatic carbocycles. The van der Waals surface area contributed by atoms with Gasteiger partial charge in [0.25, 0.3) is 0 Å². The second-order valence-electron chi connectivity index (χ2n) is 4.06. The summed E-state index contributed by atoms with van der Waals surface area (Å²) in [7, 11) is 0. The van der Waals surface area contributed by atoms with Crippen LogP contribution in [0.4, 0.5) is 5.69 Å². The Bertz CT molecular complexity index is 562. The maximum absolute atomic E-state index is 9.22. The third-order valence-corrected chi connectivity index (χ3v) is 2.58. The van der Waals surface area contributed by atoms with Gasteiger partial charge in [0.1, 0.15) is 10.3 Å². The molecule has 7 heteroatoms. The summed E-state index contributed by atoms with van der Waals surface area (Å²) in [6.45, 7) is 1.22. The van der Waals surface area contributed by atoms with Crippen LogP contribution in [0.3, 0.4) is 0 Å². The molecule has 1 heterocycles. The van der Waals surface area contributed by atoms with Gasteiger partial charge in [-0.05, 0) is 24.3 Å². The van der Waals surface area contributed by atoms with E-state index in [-0.39, 0.29) is 10.3 Å². The monoisotopic (exact) mass is 299 g/mol. The lowest BCUT2D eigenvalue weighted by Crippen LogP contribution is -2.33. The van der Waals surface area contributed by atoms with Crippen LogP contribution in [0.2, 0.25) is 10.3 Å². The smallest absolute Gasteiger partial charge is 0.241 e. The van der Waals surface area contributed by atoms with Crippen molar-refractivity contribution < 1.29 is 10.2 Å². The Morgan fingerprint density at radius 2 is 1.58 bits per heavy atom. The lowest BCUT2D eigenvalue weighted by molar-refractivity contribution is -0.118. The number of nitrogens with one attached hydrogen (secondary N) is 1. The fourth-order valence-electron chi connectivity index (χ4n) is 1.50. The third-order valence-electron chi connectivity index (χ3n) is 2.19. The van der Waals surface area contributed by atoms with Crippen molar-refractivity contribution in [1.29, 1.82) is 0 Å². The van der Waals surface area contributed by atoms with Gasteiger partial charge in [-0.3, -0.25) is 0 Å². The van der Waals surface area contributed by atoms with Crippen molar-refractivity contribution in [2.75, 3.05) is 5.32 Å². The van der Waals surface area contributed by atoms with E-state index in [0.717, 1.165) is 0 Å². The van der Waals surface area contributed by atoms with E-state index in [4.69, 9.17) is 23.2 Å². The molecular weight excluding hydrogens is 289 g/mol. The largest absolute Gasteiger partial charge is 0.349 e. The Hall–Kier alpha value is -1.40. The summed E-state index contributed by atoms with van der Waals surface area (Å²) in [5, 5.41) is 21.5. The number of rotatable bonds is 3. The summed E-state index contributed by atoms with van der Waals surface area (Å²) in [5.74, 6) is -1.57. The lowest BCUT2D eigenvalue weighted by Gasteiger charge is -2.18. The molecule has 19 heavy (non-hydrogen) atoms. The van der Waals surface area contributed by atoms with Gasteiger partial charge in [-0.25, -0.2) is 9.97 Å². The molecule has 0 saturated carbocycles. The maximum atomic E-state index is 9.22. The predicted molar refractivity (Wildman–Crippen MR) is 74.0 cm³/mol. The van der Waals surface area contributed by atoms with Crippen molar-refractivity contribution in [3.05, 3.63) is 40.6 Å². The van der Waals surface area contributed by atoms with Crippen LogP contribution in [0.25, 0.3) is 11.4 Å². The van der Waals surface area contributed by atoms with Crippen LogP contribution in [0, 0.1) is 0 Å². The minimum atomic E-state index is -1.97. The first-order valence-electron chi connectivity index (χ1n) is 5.37. The molecule has 2 rings (SSSR count). The molecule has 0 spiro atoms. The van der Waals surface area contributed by atoms with Crippen LogP contribution in [0.5, 0.6) is 0 Å². The first-order valence-corrected chi connectivity index (χ1v) is 6.12. The molecule has 0 atom stereocenters. The fraction of sp³-hybridized carbons (Fsp3) is 0.167. The van der Waals surface area contributed by atoms with Gasteiger partial charge in [-0.1, -0.05) is 23.2 Å². The van der Waals surface area contributed by atoms with Gasteiger partial charge in [0.15, 0.2) is 5.82 Å². The van der Waals surface area contributed by atoms with Gasteiger partial charge < -0.3 is 15.5 Å². The SMILES string of the molecule is CC(O)(O)Nc1ccc(-c2nc(Cl)cc(Cl)n2)cc1. The van der Waals surface area contributed by atoms with E-state index in [1.807, 2.05) is 0 Å². The number of aliphatic hydroxyl groups is 2. The molecule has 0 amide bonds. The van der Waals surface area contributed by atoms with Crippen molar-refractivity contribution in [2.45, 2.75) is 12.8 Å². The van der Waals surface area contributed by atoms with Crippen LogP contribution >= 0.6 is 23.2 Å². The van der Waals surface area contributed by atoms with Crippen LogP contribution < -0.4 is 5.32 Å². The van der Waals surface area contributed by atoms with E-state index >= 15 is 0 Å². The van der Waals surface area contributed by atoms with E-state index in [0.29, 0.717) is 17.1 Å². The highest BCUT2D eigenvalue weighted by Crippen LogP contribution is 2.22. The molecule has 5 nitrogen and oxygen atoms in total. The topological polar surface area (TPSA) is 78.3 Å². The standard InChI is InChI=1S/C12H11Cl2N3O2/c1-12(18,19)17-8-4-2-7(3-5-8)11-15-9(13)6-10(14)16-11/h2-6,17-19H,1H3. The first-order chi connectivity index (χ1) is 8.83. The summed E-state index contributed by atoms with van der Waals surface area (Å²) in [5.41, 5.74) is 1.26. The Morgan fingerprint density at radius 1 is 1.05 bits per heavy atom. The Morgan fingerprint density at radius 3 is 2.05 bits per heavy atom. The van der Waals surface area contributed by atoms with Gasteiger partial charge in [-0.2, -0.15) is 0 Å². The van der Waals surface area contributed by atoms with E-state index in [2.05, 4.69) is 15.3 Å². The highest BCUT2D eigenvalue weighted by Gasteiger charge is 2.14. The number of benzene rings is 1. The Kier molecular flexibility index (Phi) is 3.91. The van der Waals surface area contributed by atoms with E-state index in [1.165, 1.54) is 13.0 Å². The van der Waals surface area contributed by atoms with E-state index in [1.54, 1.807) is 24.3 Å². The molecule has 2 aromatic rings. The second-order valence-corrected chi connectivity index (χ2v) is 4.83. The zero-order valence-corrected chi connectivity index (χ0v) is 11.4. The number of hydrogen-bond acceptors (Lipinski definition) is 5. The van der Waals surface area contributed by atoms with Crippen LogP contribution in [-0.2, 0) is 0 Å². The van der Waals surface area contributed by atoms with Crippen molar-refractivity contribution in [1.82, 2.24) is 9.97 Å². The fourth-order valence-corrected chi connectivity index (χ4v) is 1.92. The average Bonchev–Trinajstić information content (AvgIpc) is 2.26. The summed E-state index contributed by atoms with van der Waals surface area (Å²) >= 11 is 11.6. The highest BCUT2D eigenvalue weighted by atomic mass is 35.5. The molecule has 3 N–H and O–H groups in total. The molecule has 0 bridgehead atoms. The molecule has 100 valence electrons. The highest BCUT2D eigenvalue weighted by molar-refractivity contribution is 6.33. The third kappa shape index (κ3) is 4.04. The summed E-state index contributed by atoms with van der Waals surface area (Å²) in [6, 6.07) is 8.22. The number of nitrogens with zero attached hydrogens (tertiary/aromatic N) is 2. The van der Waals surface area contributed by atoms with E-state index in [9.17, 15) is 10.2 Å². The van der Waals surface area contributed by atoms with Gasteiger partial charge in [0.2, 0.25) is 5.91 Å². The van der Waals surface area contributed by atoms with Crippen LogP contribution in [0.1, 0.15) is 6.92 Å². The number of anilines is 1. The van der Waals surface area contributed by atoms with E-state index < -0.39 is 5.91 Å². The molecule has 0 saturated heterocycles. The second kappa shape index (κ2) is 5.30. The minimum absolute atomic E-state index is 0.260. The summed E-state index contributed by atoms with van der Waals surface area (Å²) in [4.78, 5) is 8.12. The van der Waals surface area contributed by atoms with Gasteiger partial charge in [0.05, 0.1) is 0 Å². The molecule has 1 aromatic carbocycles. The minimum Gasteiger partial charge on any atom is -0.349 e. The molecule has 0 fully saturated rings. The van der Waals surface area contributed by atoms with Crippen LogP contribution in [0.15, 0.2) is 30.3 Å². The van der Waals surface area contributed by atoms with Crippen molar-refractivity contribution in [3.63, 3.8) is 0 Å². The van der Waals surface area contributed by atoms with Crippen molar-refractivity contribution >= 4 is 28.9 Å². The zero-order chi connectivity index (χ0) is 14.0. The normalized spacial score (nSPS) is 11.4. The molecular formula is C12H11Cl2N3O2. The Labute approximate surface area is 119 Å². The molecule has 0 aliphatic heterocycles. The van der Waals surface area contributed by atoms with Gasteiger partial charge >= 0.3 is 0 Å². The first kappa shape index (κ1) is 14.0. The Balaban J connectivity index is 2.27. The van der Waals surface area contributed by atoms with Gasteiger partial charge in [0, 0.05) is 24.2 Å². The molecule has 0 aliphatic rings. The van der Waals surface area contributed by atoms with Gasteiger partial charge in [-0.15, -0.1) is 0 Å². The average molecular weight is 300 g/mol. The number of halogens is 2. The molecule has 1 aromatic heterocycles. The number of hydrogen-bond donors (Lipinski definition) is 3. The zero-order valence-electron chi connectivity index (χ0n) is 9.93. The predicted octanol–water partition coefficient (Wildman–Crippen LogP) is 2.52. The summed E-state index contributed by atoms with van der Waals surface area (Å²) in [6.07, 6.45) is 0. The van der Waals surface area contributed by atoms with Crippen molar-refractivity contribution in [3.8, 4) is 11.4 Å². The molecule has 0 radical (unpaired) electrons. The maximum Gasteiger partial charge on any atom is 0.241 e.